The normalized spacial score (nSPS) is 15.5. The number of hydrogen-bond acceptors (Lipinski definition) is 24. The standard InChI is InChI=1S/C62H100N20O23/c1-5-32(4)50(81-48(92)24-70-54(98)40(28-85)80-59(103)43-14-10-18-82(43)61(105)34(63)26-83)60(104)71-23-46(90)74-37(19-31(2)3)56(100)78-42(30-87)58(102)79-41(29-86)57(101)76-36(15-16-44(64)88)55(99)77-38(20-33-11-7-6-8-12-33)52(96)68-22-47(91)75-39(27-84)53(97)69-21-45(89)73-35(13-9-17-67-62(65)66)51(95)72-25-49(93)94/h6-8,11-12,31-32,34-43,50,83-87H,5,9-10,13-30,63H2,1-4H3,(H2,64,88)(H,68,96)(H,69,97)(H,70,98)(H,71,104)(H,72,95)(H,73,89)(H,74,90)(H,75,91)(H,76,101)(H,77,99)(H,78,100)(H,79,102)(H,80,103)(H,81,92)(H,93,94)(H4,65,66,67)/t32-,34-,35-,36-,37-,38-,39-,40-,41-,42-,43-,50-/m0/s1. The molecule has 1 aromatic rings. The van der Waals surface area contributed by atoms with E-state index in [1.165, 1.54) is 0 Å². The second-order valence-corrected chi connectivity index (χ2v) is 24.6. The quantitative estimate of drug-likeness (QED) is 0.0164. The molecule has 1 aromatic carbocycles. The van der Waals surface area contributed by atoms with Gasteiger partial charge in [-0.1, -0.05) is 64.4 Å². The van der Waals surface area contributed by atoms with Crippen LogP contribution in [-0.2, 0) is 87.9 Å². The van der Waals surface area contributed by atoms with Crippen LogP contribution in [0.3, 0.4) is 0 Å². The highest BCUT2D eigenvalue weighted by atomic mass is 16.4. The lowest BCUT2D eigenvalue weighted by Gasteiger charge is -2.27. The van der Waals surface area contributed by atoms with Crippen molar-refractivity contribution < 1.29 is 112 Å². The van der Waals surface area contributed by atoms with E-state index in [4.69, 9.17) is 28.0 Å². The van der Waals surface area contributed by atoms with Crippen molar-refractivity contribution in [3.8, 4) is 0 Å². The first-order valence-corrected chi connectivity index (χ1v) is 33.4. The molecule has 1 aliphatic heterocycles. The molecule has 16 amide bonds. The van der Waals surface area contributed by atoms with Crippen LogP contribution in [-0.4, -0.2) is 287 Å². The minimum atomic E-state index is -1.96. The largest absolute Gasteiger partial charge is 0.480 e. The SMILES string of the molecule is CC[C@H](C)[C@H](NC(=O)CNC(=O)[C@H](CO)NC(=O)[C@@H]1CCCN1C(=O)[C@@H](N)CO)C(=O)NCC(=O)N[C@@H](CC(C)C)C(=O)N[C@@H](CO)C(=O)N[C@@H](CO)C(=O)N[C@@H](CCC(N)=O)C(=O)N[C@@H](Cc1ccccc1)C(=O)NCC(=O)N[C@@H](CO)C(=O)NCC(=O)N[C@@H](CCCN=C(N)N)C(=O)NCC(=O)O. The lowest BCUT2D eigenvalue weighted by Crippen LogP contribution is -2.61. The summed E-state index contributed by atoms with van der Waals surface area (Å²) in [7, 11) is 0. The molecule has 105 heavy (non-hydrogen) atoms. The fourth-order valence-electron chi connectivity index (χ4n) is 9.92. The summed E-state index contributed by atoms with van der Waals surface area (Å²) >= 11 is 0. The first-order valence-electron chi connectivity index (χ1n) is 33.4. The number of aliphatic hydroxyl groups is 5. The number of rotatable bonds is 48. The predicted molar refractivity (Wildman–Crippen MR) is 366 cm³/mol. The van der Waals surface area contributed by atoms with Gasteiger partial charge in [0, 0.05) is 25.9 Å². The Kier molecular flexibility index (Phi) is 40.9. The number of carbonyl (C=O) groups excluding carboxylic acids is 16. The molecule has 1 fully saturated rings. The van der Waals surface area contributed by atoms with E-state index in [1.54, 1.807) is 58.0 Å². The Labute approximate surface area is 602 Å². The van der Waals surface area contributed by atoms with Crippen molar-refractivity contribution in [2.24, 2.45) is 39.8 Å². The zero-order valence-corrected chi connectivity index (χ0v) is 58.6. The van der Waals surface area contributed by atoms with Gasteiger partial charge >= 0.3 is 5.97 Å². The van der Waals surface area contributed by atoms with E-state index in [-0.39, 0.29) is 57.1 Å². The molecule has 0 aromatic heterocycles. The van der Waals surface area contributed by atoms with Gasteiger partial charge in [0.15, 0.2) is 5.96 Å². The van der Waals surface area contributed by atoms with E-state index in [0.29, 0.717) is 18.4 Å². The third-order valence-corrected chi connectivity index (χ3v) is 15.7. The van der Waals surface area contributed by atoms with Crippen LogP contribution in [0.15, 0.2) is 35.3 Å². The molecule has 0 saturated carbocycles. The number of carboxylic acid groups (broad SMARTS) is 1. The molecule has 2 rings (SSSR count). The van der Waals surface area contributed by atoms with E-state index in [2.05, 4.69) is 79.4 Å². The Morgan fingerprint density at radius 1 is 0.505 bits per heavy atom. The van der Waals surface area contributed by atoms with Crippen LogP contribution in [0.4, 0.5) is 0 Å². The summed E-state index contributed by atoms with van der Waals surface area (Å²) in [5, 5.41) is 90.6. The molecule has 1 saturated heterocycles. The fraction of sp³-hybridized carbons (Fsp3) is 0.613. The molecular weight excluding hydrogens is 1390 g/mol. The number of aliphatic hydroxyl groups excluding tert-OH is 5. The van der Waals surface area contributed by atoms with Crippen molar-refractivity contribution in [3.05, 3.63) is 35.9 Å². The summed E-state index contributed by atoms with van der Waals surface area (Å²) in [5.41, 5.74) is 22.1. The van der Waals surface area contributed by atoms with Gasteiger partial charge in [-0.2, -0.15) is 0 Å². The number of nitrogens with one attached hydrogen (secondary N) is 14. The molecule has 0 bridgehead atoms. The van der Waals surface area contributed by atoms with Crippen LogP contribution in [0.1, 0.15) is 84.6 Å². The lowest BCUT2D eigenvalue weighted by atomic mass is 9.98. The number of primary amides is 1. The second-order valence-electron chi connectivity index (χ2n) is 24.6. The average Bonchev–Trinajstić information content (AvgIpc) is 1.72. The smallest absolute Gasteiger partial charge is 0.322 e. The third-order valence-electron chi connectivity index (χ3n) is 15.7. The average molecular weight is 1490 g/mol. The molecule has 12 atom stereocenters. The highest BCUT2D eigenvalue weighted by Crippen LogP contribution is 2.19. The van der Waals surface area contributed by atoms with E-state index >= 15 is 0 Å². The van der Waals surface area contributed by atoms with Gasteiger partial charge in [-0.05, 0) is 55.9 Å². The molecule has 0 spiro atoms. The van der Waals surface area contributed by atoms with Gasteiger partial charge < -0.3 is 133 Å². The Morgan fingerprint density at radius 2 is 0.924 bits per heavy atom. The molecule has 43 heteroatoms. The van der Waals surface area contributed by atoms with Gasteiger partial charge in [0.25, 0.3) is 0 Å². The number of guanidine groups is 1. The van der Waals surface area contributed by atoms with Crippen LogP contribution in [0.5, 0.6) is 0 Å². The van der Waals surface area contributed by atoms with Crippen LogP contribution < -0.4 is 97.4 Å². The molecule has 0 unspecified atom stereocenters. The van der Waals surface area contributed by atoms with Crippen LogP contribution in [0.2, 0.25) is 0 Å². The fourth-order valence-corrected chi connectivity index (χ4v) is 9.92. The zero-order chi connectivity index (χ0) is 79.0. The van der Waals surface area contributed by atoms with E-state index in [0.717, 1.165) is 4.90 Å². The van der Waals surface area contributed by atoms with Crippen molar-refractivity contribution in [1.82, 2.24) is 79.3 Å². The van der Waals surface area contributed by atoms with Crippen molar-refractivity contribution in [2.75, 3.05) is 78.8 Å². The maximum Gasteiger partial charge on any atom is 0.322 e. The summed E-state index contributed by atoms with van der Waals surface area (Å²) in [4.78, 5) is 227. The highest BCUT2D eigenvalue weighted by molar-refractivity contribution is 6.00. The lowest BCUT2D eigenvalue weighted by molar-refractivity contribution is -0.141. The van der Waals surface area contributed by atoms with Gasteiger partial charge in [-0.15, -0.1) is 0 Å². The van der Waals surface area contributed by atoms with Crippen LogP contribution in [0, 0.1) is 11.8 Å². The summed E-state index contributed by atoms with van der Waals surface area (Å²) < 4.78 is 0. The van der Waals surface area contributed by atoms with E-state index in [1.807, 2.05) is 0 Å². The third kappa shape index (κ3) is 33.5. The molecule has 1 aliphatic rings. The number of carboxylic acids is 1. The maximum absolute atomic E-state index is 14.1. The molecule has 586 valence electrons. The molecule has 28 N–H and O–H groups in total. The minimum Gasteiger partial charge on any atom is -0.480 e. The minimum absolute atomic E-state index is 0.0396. The number of aliphatic carboxylic acids is 1. The molecule has 1 heterocycles. The summed E-state index contributed by atoms with van der Waals surface area (Å²) in [6.07, 6.45) is -0.509. The second kappa shape index (κ2) is 47.5. The summed E-state index contributed by atoms with van der Waals surface area (Å²) in [6, 6.07) is -9.00. The topological polar surface area (TPSA) is 700 Å². The van der Waals surface area contributed by atoms with Crippen molar-refractivity contribution in [3.63, 3.8) is 0 Å². The Balaban J connectivity index is 2.15. The van der Waals surface area contributed by atoms with Gasteiger partial charge in [0.05, 0.1) is 59.2 Å². The van der Waals surface area contributed by atoms with Crippen molar-refractivity contribution in [2.45, 2.75) is 152 Å². The van der Waals surface area contributed by atoms with Gasteiger partial charge in [-0.25, -0.2) is 0 Å². The predicted octanol–water partition coefficient (Wildman–Crippen LogP) is -13.1. The first-order chi connectivity index (χ1) is 49.6. The Morgan fingerprint density at radius 3 is 1.41 bits per heavy atom. The van der Waals surface area contributed by atoms with Gasteiger partial charge in [0.2, 0.25) is 94.5 Å². The van der Waals surface area contributed by atoms with E-state index < -0.39 is 251 Å². The molecule has 0 radical (unpaired) electrons. The molecule has 43 nitrogen and oxygen atoms in total. The number of benzene rings is 1. The van der Waals surface area contributed by atoms with Crippen LogP contribution in [0.25, 0.3) is 0 Å². The summed E-state index contributed by atoms with van der Waals surface area (Å²) in [6.45, 7) is -2.21. The van der Waals surface area contributed by atoms with Crippen molar-refractivity contribution >= 4 is 106 Å². The number of nitrogens with two attached hydrogens (primary N) is 4. The number of amides is 16. The highest BCUT2D eigenvalue weighted by Gasteiger charge is 2.39. The van der Waals surface area contributed by atoms with Gasteiger partial charge in [0.1, 0.15) is 73.0 Å². The number of hydrogen-bond donors (Lipinski definition) is 24. The monoisotopic (exact) mass is 1490 g/mol. The first kappa shape index (κ1) is 90.3. The van der Waals surface area contributed by atoms with Crippen molar-refractivity contribution in [1.29, 1.82) is 0 Å². The molecule has 0 aliphatic carbocycles. The van der Waals surface area contributed by atoms with Crippen LogP contribution >= 0.6 is 0 Å². The van der Waals surface area contributed by atoms with E-state index in [9.17, 15) is 107 Å². The number of aliphatic imine (C=N–C) groups is 1. The number of nitrogens with zero attached hydrogens (tertiary/aromatic N) is 2. The van der Waals surface area contributed by atoms with Gasteiger partial charge in [-0.3, -0.25) is 86.5 Å². The zero-order valence-electron chi connectivity index (χ0n) is 58.6. The summed E-state index contributed by atoms with van der Waals surface area (Å²) in [5.74, 6) is -18.6. The molecular formula is C62H100N20O23. The number of likely N-dealkylation sites (tertiary alicyclic amines) is 1. The Hall–Kier alpha value is -10.8. The maximum atomic E-state index is 14.1. The Bertz CT molecular complexity index is 3200. The number of carbonyl (C=O) groups is 17.